The van der Waals surface area contributed by atoms with Gasteiger partial charge in [0.05, 0.1) is 5.60 Å². The van der Waals surface area contributed by atoms with E-state index in [9.17, 15) is 0 Å². The smallest absolute Gasteiger partial charge is 0.109 e. The van der Waals surface area contributed by atoms with Crippen molar-refractivity contribution in [3.05, 3.63) is 0 Å². The molecule has 3 heteroatoms. The average Bonchev–Trinajstić information content (AvgIpc) is 2.26. The summed E-state index contributed by atoms with van der Waals surface area (Å²) >= 11 is 0. The molecule has 11 heavy (non-hydrogen) atoms. The number of nitrogens with one attached hydrogen (secondary N) is 1. The SMILES string of the molecule is CC1(C)CNC(CCCO)O1. The Labute approximate surface area is 67.7 Å². The number of rotatable bonds is 3. The van der Waals surface area contributed by atoms with Crippen LogP contribution in [0.2, 0.25) is 0 Å². The largest absolute Gasteiger partial charge is 0.396 e. The van der Waals surface area contributed by atoms with Gasteiger partial charge in [-0.25, -0.2) is 0 Å². The Morgan fingerprint density at radius 2 is 2.36 bits per heavy atom. The summed E-state index contributed by atoms with van der Waals surface area (Å²) in [6, 6.07) is 0. The van der Waals surface area contributed by atoms with E-state index < -0.39 is 0 Å². The molecule has 0 aliphatic carbocycles. The van der Waals surface area contributed by atoms with E-state index in [2.05, 4.69) is 19.2 Å². The molecule has 0 radical (unpaired) electrons. The van der Waals surface area contributed by atoms with Gasteiger partial charge in [-0.2, -0.15) is 0 Å². The Balaban J connectivity index is 2.20. The summed E-state index contributed by atoms with van der Waals surface area (Å²) in [7, 11) is 0. The second-order valence-electron chi connectivity index (χ2n) is 3.61. The van der Waals surface area contributed by atoms with Crippen LogP contribution in [0.4, 0.5) is 0 Å². The number of ether oxygens (including phenoxy) is 1. The van der Waals surface area contributed by atoms with Gasteiger partial charge in [-0.15, -0.1) is 0 Å². The van der Waals surface area contributed by atoms with Crippen molar-refractivity contribution >= 4 is 0 Å². The fraction of sp³-hybridized carbons (Fsp3) is 1.00. The predicted octanol–water partition coefficient (Wildman–Crippen LogP) is 0.483. The van der Waals surface area contributed by atoms with Crippen molar-refractivity contribution in [1.29, 1.82) is 0 Å². The van der Waals surface area contributed by atoms with Crippen molar-refractivity contribution in [3.8, 4) is 0 Å². The lowest BCUT2D eigenvalue weighted by Gasteiger charge is -2.17. The second kappa shape index (κ2) is 3.52. The van der Waals surface area contributed by atoms with Gasteiger partial charge in [0.2, 0.25) is 0 Å². The highest BCUT2D eigenvalue weighted by molar-refractivity contribution is 4.81. The minimum absolute atomic E-state index is 0.0277. The Bertz CT molecular complexity index is 125. The maximum atomic E-state index is 8.57. The second-order valence-corrected chi connectivity index (χ2v) is 3.61. The third-order valence-electron chi connectivity index (χ3n) is 1.84. The molecule has 0 spiro atoms. The fourth-order valence-corrected chi connectivity index (χ4v) is 1.27. The molecule has 1 unspecified atom stereocenters. The minimum atomic E-state index is -0.0277. The summed E-state index contributed by atoms with van der Waals surface area (Å²) in [6.07, 6.45) is 1.87. The van der Waals surface area contributed by atoms with Crippen LogP contribution in [0.1, 0.15) is 26.7 Å². The summed E-state index contributed by atoms with van der Waals surface area (Å²) in [5, 5.41) is 11.8. The van der Waals surface area contributed by atoms with Crippen molar-refractivity contribution < 1.29 is 9.84 Å². The van der Waals surface area contributed by atoms with E-state index in [-0.39, 0.29) is 18.4 Å². The molecule has 0 aromatic heterocycles. The summed E-state index contributed by atoms with van der Waals surface area (Å²) < 4.78 is 5.63. The molecule has 3 nitrogen and oxygen atoms in total. The quantitative estimate of drug-likeness (QED) is 0.629. The van der Waals surface area contributed by atoms with Crippen LogP contribution in [0.25, 0.3) is 0 Å². The summed E-state index contributed by atoms with van der Waals surface area (Å²) in [5.41, 5.74) is -0.0277. The van der Waals surface area contributed by atoms with E-state index in [1.54, 1.807) is 0 Å². The Hall–Kier alpha value is -0.120. The fourth-order valence-electron chi connectivity index (χ4n) is 1.27. The van der Waals surface area contributed by atoms with Gasteiger partial charge in [0.25, 0.3) is 0 Å². The zero-order valence-electron chi connectivity index (χ0n) is 7.26. The molecule has 1 aliphatic rings. The van der Waals surface area contributed by atoms with Crippen molar-refractivity contribution in [2.24, 2.45) is 0 Å². The van der Waals surface area contributed by atoms with E-state index in [1.807, 2.05) is 0 Å². The monoisotopic (exact) mass is 159 g/mol. The maximum Gasteiger partial charge on any atom is 0.109 e. The van der Waals surface area contributed by atoms with Gasteiger partial charge in [0.15, 0.2) is 0 Å². The van der Waals surface area contributed by atoms with E-state index in [1.165, 1.54) is 0 Å². The first kappa shape index (κ1) is 8.97. The van der Waals surface area contributed by atoms with Gasteiger partial charge in [0, 0.05) is 13.2 Å². The van der Waals surface area contributed by atoms with E-state index in [4.69, 9.17) is 9.84 Å². The summed E-state index contributed by atoms with van der Waals surface area (Å²) in [5.74, 6) is 0. The zero-order valence-corrected chi connectivity index (χ0v) is 7.26. The maximum absolute atomic E-state index is 8.57. The minimum Gasteiger partial charge on any atom is -0.396 e. The number of hydrogen-bond acceptors (Lipinski definition) is 3. The van der Waals surface area contributed by atoms with Crippen molar-refractivity contribution in [2.75, 3.05) is 13.2 Å². The lowest BCUT2D eigenvalue weighted by molar-refractivity contribution is -0.0199. The van der Waals surface area contributed by atoms with Gasteiger partial charge in [-0.05, 0) is 26.7 Å². The molecule has 1 atom stereocenters. The van der Waals surface area contributed by atoms with Crippen LogP contribution in [0, 0.1) is 0 Å². The number of hydrogen-bond donors (Lipinski definition) is 2. The van der Waals surface area contributed by atoms with E-state index >= 15 is 0 Å². The molecular weight excluding hydrogens is 142 g/mol. The highest BCUT2D eigenvalue weighted by atomic mass is 16.5. The van der Waals surface area contributed by atoms with Crippen molar-refractivity contribution in [3.63, 3.8) is 0 Å². The van der Waals surface area contributed by atoms with Gasteiger partial charge in [-0.1, -0.05) is 0 Å². The summed E-state index contributed by atoms with van der Waals surface area (Å²) in [4.78, 5) is 0. The van der Waals surface area contributed by atoms with Crippen LogP contribution in [-0.2, 0) is 4.74 Å². The first-order valence-electron chi connectivity index (χ1n) is 4.16. The molecule has 0 aromatic carbocycles. The third-order valence-corrected chi connectivity index (χ3v) is 1.84. The molecule has 0 aromatic rings. The normalized spacial score (nSPS) is 29.2. The molecule has 1 aliphatic heterocycles. The van der Waals surface area contributed by atoms with Gasteiger partial charge in [-0.3, -0.25) is 5.32 Å². The lowest BCUT2D eigenvalue weighted by Crippen LogP contribution is -2.24. The summed E-state index contributed by atoms with van der Waals surface area (Å²) in [6.45, 7) is 5.29. The number of aliphatic hydroxyl groups excluding tert-OH is 1. The Morgan fingerprint density at radius 1 is 1.64 bits per heavy atom. The van der Waals surface area contributed by atoms with Gasteiger partial charge >= 0.3 is 0 Å². The first-order chi connectivity index (χ1) is 5.14. The van der Waals surface area contributed by atoms with Crippen molar-refractivity contribution in [1.82, 2.24) is 5.32 Å². The molecule has 1 fully saturated rings. The van der Waals surface area contributed by atoms with Crippen LogP contribution in [-0.4, -0.2) is 30.1 Å². The molecule has 1 saturated heterocycles. The standard InChI is InChI=1S/C8H17NO2/c1-8(2)6-9-7(11-8)4-3-5-10/h7,9-10H,3-6H2,1-2H3. The highest BCUT2D eigenvalue weighted by Gasteiger charge is 2.30. The molecule has 1 rings (SSSR count). The van der Waals surface area contributed by atoms with Gasteiger partial charge < -0.3 is 9.84 Å². The molecule has 66 valence electrons. The Kier molecular flexibility index (Phi) is 2.87. The molecule has 1 heterocycles. The van der Waals surface area contributed by atoms with Crippen LogP contribution in [0.3, 0.4) is 0 Å². The van der Waals surface area contributed by atoms with Crippen LogP contribution < -0.4 is 5.32 Å². The molecule has 0 saturated carbocycles. The van der Waals surface area contributed by atoms with Gasteiger partial charge in [0.1, 0.15) is 6.23 Å². The molecule has 0 amide bonds. The van der Waals surface area contributed by atoms with Crippen LogP contribution in [0.5, 0.6) is 0 Å². The number of aliphatic hydroxyl groups is 1. The molecular formula is C8H17NO2. The van der Waals surface area contributed by atoms with Crippen LogP contribution in [0.15, 0.2) is 0 Å². The predicted molar refractivity (Wildman–Crippen MR) is 43.3 cm³/mol. The first-order valence-corrected chi connectivity index (χ1v) is 4.16. The molecule has 2 N–H and O–H groups in total. The Morgan fingerprint density at radius 3 is 2.82 bits per heavy atom. The highest BCUT2D eigenvalue weighted by Crippen LogP contribution is 2.19. The van der Waals surface area contributed by atoms with Crippen molar-refractivity contribution in [2.45, 2.75) is 38.5 Å². The average molecular weight is 159 g/mol. The molecule has 0 bridgehead atoms. The lowest BCUT2D eigenvalue weighted by atomic mass is 10.1. The third kappa shape index (κ3) is 2.77. The zero-order chi connectivity index (χ0) is 8.32. The van der Waals surface area contributed by atoms with Crippen LogP contribution >= 0.6 is 0 Å². The topological polar surface area (TPSA) is 41.5 Å². The van der Waals surface area contributed by atoms with E-state index in [0.29, 0.717) is 0 Å². The van der Waals surface area contributed by atoms with E-state index in [0.717, 1.165) is 19.4 Å².